The lowest BCUT2D eigenvalue weighted by Crippen LogP contribution is -1.80. The summed E-state index contributed by atoms with van der Waals surface area (Å²) in [5.41, 5.74) is 0.418. The summed E-state index contributed by atoms with van der Waals surface area (Å²) in [5, 5.41) is 9.94. The molecule has 0 spiro atoms. The fourth-order valence-corrected chi connectivity index (χ4v) is 1.20. The standard InChI is InChI=1S/C10H10BrFO/c11-6-2-1-3-8-7-9(13)4-5-10(8)12/h1,3-5,7,13H,2,6H2. The molecular formula is C10H10BrFO. The van der Waals surface area contributed by atoms with Crippen LogP contribution in [0.2, 0.25) is 0 Å². The molecule has 3 heteroatoms. The normalized spacial score (nSPS) is 10.9. The minimum Gasteiger partial charge on any atom is -0.508 e. The molecule has 0 amide bonds. The van der Waals surface area contributed by atoms with Crippen LogP contribution < -0.4 is 0 Å². The van der Waals surface area contributed by atoms with Crippen LogP contribution in [-0.4, -0.2) is 10.4 Å². The molecule has 0 heterocycles. The van der Waals surface area contributed by atoms with Gasteiger partial charge in [-0.2, -0.15) is 0 Å². The maximum atomic E-state index is 13.0. The van der Waals surface area contributed by atoms with Crippen molar-refractivity contribution in [2.45, 2.75) is 6.42 Å². The lowest BCUT2D eigenvalue weighted by Gasteiger charge is -1.97. The molecule has 1 N–H and O–H groups in total. The van der Waals surface area contributed by atoms with Gasteiger partial charge in [-0.1, -0.05) is 28.1 Å². The van der Waals surface area contributed by atoms with Gasteiger partial charge in [-0.15, -0.1) is 0 Å². The van der Waals surface area contributed by atoms with Crippen LogP contribution in [0, 0.1) is 5.82 Å². The molecule has 1 aromatic carbocycles. The molecule has 0 aliphatic rings. The Morgan fingerprint density at radius 2 is 2.23 bits per heavy atom. The minimum atomic E-state index is -0.316. The van der Waals surface area contributed by atoms with E-state index in [4.69, 9.17) is 5.11 Å². The Balaban J connectivity index is 2.81. The van der Waals surface area contributed by atoms with E-state index in [1.807, 2.05) is 6.08 Å². The summed E-state index contributed by atoms with van der Waals surface area (Å²) in [5.74, 6) is -0.233. The van der Waals surface area contributed by atoms with Gasteiger partial charge in [0.25, 0.3) is 0 Å². The second-order valence-corrected chi connectivity index (χ2v) is 3.38. The van der Waals surface area contributed by atoms with E-state index in [0.29, 0.717) is 5.56 Å². The van der Waals surface area contributed by atoms with Gasteiger partial charge in [-0.25, -0.2) is 4.39 Å². The van der Waals surface area contributed by atoms with E-state index in [1.165, 1.54) is 18.2 Å². The number of alkyl halides is 1. The third-order valence-corrected chi connectivity index (χ3v) is 2.01. The number of halogens is 2. The average molecular weight is 245 g/mol. The molecule has 0 saturated carbocycles. The lowest BCUT2D eigenvalue weighted by atomic mass is 10.2. The number of phenolic OH excluding ortho intramolecular Hbond substituents is 1. The highest BCUT2D eigenvalue weighted by Gasteiger charge is 1.98. The third-order valence-electron chi connectivity index (χ3n) is 1.55. The quantitative estimate of drug-likeness (QED) is 0.810. The molecule has 0 radical (unpaired) electrons. The highest BCUT2D eigenvalue weighted by molar-refractivity contribution is 9.09. The van der Waals surface area contributed by atoms with Crippen molar-refractivity contribution in [2.75, 3.05) is 5.33 Å². The summed E-state index contributed by atoms with van der Waals surface area (Å²) < 4.78 is 13.0. The fourth-order valence-electron chi connectivity index (χ4n) is 0.932. The highest BCUT2D eigenvalue weighted by atomic mass is 79.9. The van der Waals surface area contributed by atoms with Gasteiger partial charge >= 0.3 is 0 Å². The highest BCUT2D eigenvalue weighted by Crippen LogP contribution is 2.16. The number of rotatable bonds is 3. The monoisotopic (exact) mass is 244 g/mol. The predicted octanol–water partition coefficient (Wildman–Crippen LogP) is 3.33. The first-order valence-electron chi connectivity index (χ1n) is 3.95. The van der Waals surface area contributed by atoms with Gasteiger partial charge < -0.3 is 5.11 Å². The van der Waals surface area contributed by atoms with Crippen LogP contribution in [0.1, 0.15) is 12.0 Å². The second-order valence-electron chi connectivity index (χ2n) is 2.59. The fraction of sp³-hybridized carbons (Fsp3) is 0.200. The van der Waals surface area contributed by atoms with Crippen LogP contribution in [0.5, 0.6) is 5.75 Å². The Morgan fingerprint density at radius 1 is 1.46 bits per heavy atom. The summed E-state index contributed by atoms with van der Waals surface area (Å²) >= 11 is 3.26. The van der Waals surface area contributed by atoms with Gasteiger partial charge in [0.15, 0.2) is 0 Å². The largest absolute Gasteiger partial charge is 0.508 e. The van der Waals surface area contributed by atoms with Crippen molar-refractivity contribution in [3.63, 3.8) is 0 Å². The van der Waals surface area contributed by atoms with Crippen molar-refractivity contribution in [2.24, 2.45) is 0 Å². The minimum absolute atomic E-state index is 0.0832. The molecule has 1 rings (SSSR count). The molecule has 0 aromatic heterocycles. The molecule has 0 fully saturated rings. The van der Waals surface area contributed by atoms with Gasteiger partial charge in [0.2, 0.25) is 0 Å². The first-order valence-corrected chi connectivity index (χ1v) is 5.07. The van der Waals surface area contributed by atoms with E-state index in [1.54, 1.807) is 6.08 Å². The van der Waals surface area contributed by atoms with Crippen molar-refractivity contribution >= 4 is 22.0 Å². The first kappa shape index (κ1) is 10.3. The number of phenols is 1. The molecule has 1 aromatic rings. The summed E-state index contributed by atoms with van der Waals surface area (Å²) in [6.07, 6.45) is 4.36. The maximum Gasteiger partial charge on any atom is 0.130 e. The van der Waals surface area contributed by atoms with E-state index in [2.05, 4.69) is 15.9 Å². The van der Waals surface area contributed by atoms with Crippen molar-refractivity contribution in [3.8, 4) is 5.75 Å². The molecule has 1 nitrogen and oxygen atoms in total. The van der Waals surface area contributed by atoms with Gasteiger partial charge in [0.05, 0.1) is 0 Å². The van der Waals surface area contributed by atoms with Crippen LogP contribution in [0.15, 0.2) is 24.3 Å². The van der Waals surface area contributed by atoms with Crippen molar-refractivity contribution in [1.82, 2.24) is 0 Å². The first-order chi connectivity index (χ1) is 6.24. The van der Waals surface area contributed by atoms with Crippen LogP contribution in [0.3, 0.4) is 0 Å². The second kappa shape index (κ2) is 5.02. The zero-order valence-electron chi connectivity index (χ0n) is 7.00. The number of hydrogen-bond acceptors (Lipinski definition) is 1. The molecule has 0 saturated heterocycles. The Labute approximate surface area is 85.0 Å². The van der Waals surface area contributed by atoms with Crippen molar-refractivity contribution in [3.05, 3.63) is 35.7 Å². The Morgan fingerprint density at radius 3 is 2.92 bits per heavy atom. The van der Waals surface area contributed by atoms with Crippen molar-refractivity contribution < 1.29 is 9.50 Å². The van der Waals surface area contributed by atoms with Crippen LogP contribution in [-0.2, 0) is 0 Å². The van der Waals surface area contributed by atoms with Gasteiger partial charge in [-0.3, -0.25) is 0 Å². The molecule has 0 atom stereocenters. The Kier molecular flexibility index (Phi) is 3.96. The summed E-state index contributed by atoms with van der Waals surface area (Å²) in [6.45, 7) is 0. The van der Waals surface area contributed by atoms with E-state index >= 15 is 0 Å². The third kappa shape index (κ3) is 3.19. The van der Waals surface area contributed by atoms with Gasteiger partial charge in [0.1, 0.15) is 11.6 Å². The summed E-state index contributed by atoms with van der Waals surface area (Å²) in [4.78, 5) is 0. The molecule has 0 aliphatic heterocycles. The van der Waals surface area contributed by atoms with Crippen LogP contribution in [0.4, 0.5) is 4.39 Å². The zero-order chi connectivity index (χ0) is 9.68. The average Bonchev–Trinajstić information content (AvgIpc) is 2.11. The molecule has 70 valence electrons. The van der Waals surface area contributed by atoms with E-state index < -0.39 is 0 Å². The summed E-state index contributed by atoms with van der Waals surface area (Å²) in [6, 6.07) is 3.99. The molecular weight excluding hydrogens is 235 g/mol. The number of aromatic hydroxyl groups is 1. The number of allylic oxidation sites excluding steroid dienone is 1. The Hall–Kier alpha value is -0.830. The molecule has 0 bridgehead atoms. The maximum absolute atomic E-state index is 13.0. The predicted molar refractivity (Wildman–Crippen MR) is 55.5 cm³/mol. The van der Waals surface area contributed by atoms with E-state index in [0.717, 1.165) is 11.8 Å². The van der Waals surface area contributed by atoms with Crippen molar-refractivity contribution in [1.29, 1.82) is 0 Å². The van der Waals surface area contributed by atoms with E-state index in [9.17, 15) is 4.39 Å². The lowest BCUT2D eigenvalue weighted by molar-refractivity contribution is 0.473. The topological polar surface area (TPSA) is 20.2 Å². The Bertz CT molecular complexity index is 310. The molecule has 0 unspecified atom stereocenters. The van der Waals surface area contributed by atoms with Gasteiger partial charge in [0, 0.05) is 10.9 Å². The molecule has 0 aliphatic carbocycles. The number of hydrogen-bond donors (Lipinski definition) is 1. The zero-order valence-corrected chi connectivity index (χ0v) is 8.59. The number of benzene rings is 1. The SMILES string of the molecule is Oc1ccc(F)c(C=CCCBr)c1. The van der Waals surface area contributed by atoms with Crippen LogP contribution in [0.25, 0.3) is 6.08 Å². The summed E-state index contributed by atoms with van der Waals surface area (Å²) in [7, 11) is 0. The van der Waals surface area contributed by atoms with Gasteiger partial charge in [-0.05, 0) is 24.6 Å². The smallest absolute Gasteiger partial charge is 0.130 e. The van der Waals surface area contributed by atoms with E-state index in [-0.39, 0.29) is 11.6 Å². The van der Waals surface area contributed by atoms with Crippen LogP contribution >= 0.6 is 15.9 Å². The molecule has 13 heavy (non-hydrogen) atoms.